The van der Waals surface area contributed by atoms with E-state index in [2.05, 4.69) is 15.8 Å². The molecule has 1 fully saturated rings. The standard InChI is InChI=1S/C17H23N3O3S/c1-3-20(2)24(21,22)19-17-12-23-11-14(17)10-13-8-9-18-16-7-5-4-6-15(13)16/h4-9,14,17,19H,3,10-12H2,1-2H3/t14-,17-/m1/s1. The highest BCUT2D eigenvalue weighted by atomic mass is 32.2. The second-order valence-corrected chi connectivity index (χ2v) is 7.94. The number of pyridine rings is 1. The SMILES string of the molecule is CCN(C)S(=O)(=O)N[C@@H]1COC[C@H]1Cc1ccnc2ccccc12. The van der Waals surface area contributed by atoms with Crippen LogP contribution in [-0.2, 0) is 21.4 Å². The molecule has 0 aliphatic carbocycles. The summed E-state index contributed by atoms with van der Waals surface area (Å²) in [5.41, 5.74) is 2.13. The van der Waals surface area contributed by atoms with E-state index in [1.165, 1.54) is 9.87 Å². The summed E-state index contributed by atoms with van der Waals surface area (Å²) >= 11 is 0. The molecule has 3 rings (SSSR count). The van der Waals surface area contributed by atoms with Crippen molar-refractivity contribution >= 4 is 21.1 Å². The molecular formula is C17H23N3O3S. The minimum absolute atomic E-state index is 0.107. The van der Waals surface area contributed by atoms with Crippen molar-refractivity contribution in [2.75, 3.05) is 26.8 Å². The lowest BCUT2D eigenvalue weighted by atomic mass is 9.93. The molecule has 0 radical (unpaired) electrons. The summed E-state index contributed by atoms with van der Waals surface area (Å²) in [5, 5.41) is 1.11. The van der Waals surface area contributed by atoms with Gasteiger partial charge in [0.2, 0.25) is 0 Å². The van der Waals surface area contributed by atoms with Gasteiger partial charge in [0.15, 0.2) is 0 Å². The van der Waals surface area contributed by atoms with Gasteiger partial charge in [0, 0.05) is 31.1 Å². The second-order valence-electron chi connectivity index (χ2n) is 6.13. The van der Waals surface area contributed by atoms with E-state index in [1.54, 1.807) is 13.2 Å². The largest absolute Gasteiger partial charge is 0.379 e. The summed E-state index contributed by atoms with van der Waals surface area (Å²) < 4.78 is 34.2. The van der Waals surface area contributed by atoms with Crippen LogP contribution in [0.1, 0.15) is 12.5 Å². The molecule has 0 spiro atoms. The second kappa shape index (κ2) is 7.14. The number of hydrogen-bond donors (Lipinski definition) is 1. The zero-order chi connectivity index (χ0) is 17.2. The number of aromatic nitrogens is 1. The fourth-order valence-corrected chi connectivity index (χ4v) is 4.16. The molecule has 2 heterocycles. The van der Waals surface area contributed by atoms with E-state index in [4.69, 9.17) is 4.74 Å². The van der Waals surface area contributed by atoms with Gasteiger partial charge in [-0.3, -0.25) is 4.98 Å². The molecule has 1 N–H and O–H groups in total. The Morgan fingerprint density at radius 1 is 1.29 bits per heavy atom. The van der Waals surface area contributed by atoms with Gasteiger partial charge in [-0.2, -0.15) is 17.4 Å². The molecule has 1 aliphatic heterocycles. The van der Waals surface area contributed by atoms with Crippen LogP contribution < -0.4 is 4.72 Å². The third-order valence-electron chi connectivity index (χ3n) is 4.58. The van der Waals surface area contributed by atoms with E-state index in [9.17, 15) is 8.42 Å². The molecule has 2 atom stereocenters. The third-order valence-corrected chi connectivity index (χ3v) is 6.26. The zero-order valence-electron chi connectivity index (χ0n) is 14.0. The molecule has 1 aromatic heterocycles. The summed E-state index contributed by atoms with van der Waals surface area (Å²) in [4.78, 5) is 4.38. The lowest BCUT2D eigenvalue weighted by Crippen LogP contribution is -2.46. The van der Waals surface area contributed by atoms with Crippen LogP contribution in [0.3, 0.4) is 0 Å². The van der Waals surface area contributed by atoms with Crippen LogP contribution in [0.4, 0.5) is 0 Å². The third kappa shape index (κ3) is 3.59. The molecule has 24 heavy (non-hydrogen) atoms. The van der Waals surface area contributed by atoms with E-state index in [-0.39, 0.29) is 12.0 Å². The van der Waals surface area contributed by atoms with Gasteiger partial charge in [-0.25, -0.2) is 0 Å². The van der Waals surface area contributed by atoms with E-state index < -0.39 is 10.2 Å². The highest BCUT2D eigenvalue weighted by molar-refractivity contribution is 7.87. The molecule has 1 aromatic carbocycles. The van der Waals surface area contributed by atoms with Crippen LogP contribution in [0.25, 0.3) is 10.9 Å². The molecule has 130 valence electrons. The summed E-state index contributed by atoms with van der Waals surface area (Å²) in [6.07, 6.45) is 2.56. The first kappa shape index (κ1) is 17.3. The Morgan fingerprint density at radius 2 is 2.08 bits per heavy atom. The molecule has 0 amide bonds. The van der Waals surface area contributed by atoms with Crippen molar-refractivity contribution in [3.8, 4) is 0 Å². The van der Waals surface area contributed by atoms with Crippen LogP contribution >= 0.6 is 0 Å². The van der Waals surface area contributed by atoms with Crippen LogP contribution in [0, 0.1) is 5.92 Å². The quantitative estimate of drug-likeness (QED) is 0.859. The highest BCUT2D eigenvalue weighted by Gasteiger charge is 2.33. The average molecular weight is 349 g/mol. The number of nitrogens with zero attached hydrogens (tertiary/aromatic N) is 2. The Kier molecular flexibility index (Phi) is 5.15. The lowest BCUT2D eigenvalue weighted by Gasteiger charge is -2.23. The number of fused-ring (bicyclic) bond motifs is 1. The van der Waals surface area contributed by atoms with Gasteiger partial charge >= 0.3 is 0 Å². The van der Waals surface area contributed by atoms with Crippen molar-refractivity contribution in [3.63, 3.8) is 0 Å². The smallest absolute Gasteiger partial charge is 0.279 e. The number of ether oxygens (including phenoxy) is 1. The van der Waals surface area contributed by atoms with E-state index in [0.29, 0.717) is 19.8 Å². The molecular weight excluding hydrogens is 326 g/mol. The molecule has 7 heteroatoms. The maximum atomic E-state index is 12.3. The van der Waals surface area contributed by atoms with Crippen LogP contribution in [-0.4, -0.2) is 50.6 Å². The summed E-state index contributed by atoms with van der Waals surface area (Å²) in [6, 6.07) is 9.79. The van der Waals surface area contributed by atoms with Crippen molar-refractivity contribution in [3.05, 3.63) is 42.1 Å². The first-order valence-electron chi connectivity index (χ1n) is 8.15. The topological polar surface area (TPSA) is 71.5 Å². The van der Waals surface area contributed by atoms with Crippen molar-refractivity contribution < 1.29 is 13.2 Å². The molecule has 1 saturated heterocycles. The number of benzene rings is 1. The Bertz CT molecular complexity index is 804. The summed E-state index contributed by atoms with van der Waals surface area (Å²) in [6.45, 7) is 3.21. The van der Waals surface area contributed by atoms with Gasteiger partial charge in [0.05, 0.1) is 24.8 Å². The summed E-state index contributed by atoms with van der Waals surface area (Å²) in [5.74, 6) is 0.107. The minimum Gasteiger partial charge on any atom is -0.379 e. The maximum Gasteiger partial charge on any atom is 0.279 e. The monoisotopic (exact) mass is 349 g/mol. The van der Waals surface area contributed by atoms with E-state index in [0.717, 1.165) is 17.3 Å². The Labute approximate surface area is 143 Å². The van der Waals surface area contributed by atoms with Crippen LogP contribution in [0.2, 0.25) is 0 Å². The lowest BCUT2D eigenvalue weighted by molar-refractivity contribution is 0.183. The molecule has 2 aromatic rings. The van der Waals surface area contributed by atoms with Crippen LogP contribution in [0.15, 0.2) is 36.5 Å². The van der Waals surface area contributed by atoms with Crippen molar-refractivity contribution in [1.82, 2.24) is 14.0 Å². The highest BCUT2D eigenvalue weighted by Crippen LogP contribution is 2.24. The number of rotatable bonds is 6. The first-order chi connectivity index (χ1) is 11.5. The van der Waals surface area contributed by atoms with Crippen molar-refractivity contribution in [2.45, 2.75) is 19.4 Å². The Hall–Kier alpha value is -1.54. The molecule has 1 aliphatic rings. The first-order valence-corrected chi connectivity index (χ1v) is 9.59. The molecule has 0 bridgehead atoms. The summed E-state index contributed by atoms with van der Waals surface area (Å²) in [7, 11) is -1.90. The average Bonchev–Trinajstić information content (AvgIpc) is 3.00. The molecule has 0 saturated carbocycles. The fourth-order valence-electron chi connectivity index (χ4n) is 3.00. The molecule has 6 nitrogen and oxygen atoms in total. The zero-order valence-corrected chi connectivity index (χ0v) is 14.8. The predicted molar refractivity (Wildman–Crippen MR) is 93.9 cm³/mol. The maximum absolute atomic E-state index is 12.3. The van der Waals surface area contributed by atoms with Gasteiger partial charge in [-0.15, -0.1) is 0 Å². The normalized spacial score (nSPS) is 21.6. The van der Waals surface area contributed by atoms with Gasteiger partial charge in [0.1, 0.15) is 0 Å². The molecule has 0 unspecified atom stereocenters. The predicted octanol–water partition coefficient (Wildman–Crippen LogP) is 1.58. The fraction of sp³-hybridized carbons (Fsp3) is 0.471. The Balaban J connectivity index is 1.79. The number of hydrogen-bond acceptors (Lipinski definition) is 4. The minimum atomic E-state index is -3.47. The van der Waals surface area contributed by atoms with Gasteiger partial charge < -0.3 is 4.74 Å². The number of para-hydroxylation sites is 1. The number of nitrogens with one attached hydrogen (secondary N) is 1. The van der Waals surface area contributed by atoms with E-state index in [1.807, 2.05) is 31.2 Å². The van der Waals surface area contributed by atoms with Crippen molar-refractivity contribution in [2.24, 2.45) is 5.92 Å². The Morgan fingerprint density at radius 3 is 2.88 bits per heavy atom. The van der Waals surface area contributed by atoms with Crippen molar-refractivity contribution in [1.29, 1.82) is 0 Å². The van der Waals surface area contributed by atoms with E-state index >= 15 is 0 Å². The van der Waals surface area contributed by atoms with Gasteiger partial charge in [-0.05, 0) is 24.1 Å². The van der Waals surface area contributed by atoms with Crippen LogP contribution in [0.5, 0.6) is 0 Å². The van der Waals surface area contributed by atoms with Gasteiger partial charge in [-0.1, -0.05) is 25.1 Å². The van der Waals surface area contributed by atoms with Gasteiger partial charge in [0.25, 0.3) is 10.2 Å².